The molecule has 0 radical (unpaired) electrons. The number of ether oxygens (including phenoxy) is 2. The van der Waals surface area contributed by atoms with Gasteiger partial charge in [0, 0.05) is 43.9 Å². The first kappa shape index (κ1) is 19.0. The summed E-state index contributed by atoms with van der Waals surface area (Å²) in [5.74, 6) is 1.82. The molecule has 0 aromatic heterocycles. The van der Waals surface area contributed by atoms with Crippen LogP contribution in [0.4, 0.5) is 0 Å². The SMILES string of the molecule is CCOc1ccc(C(CN(C)C)N2CCNC(C)C2)c(OCC)c1. The van der Waals surface area contributed by atoms with Crippen molar-refractivity contribution in [2.45, 2.75) is 32.9 Å². The molecule has 1 aromatic rings. The van der Waals surface area contributed by atoms with Gasteiger partial charge in [0.25, 0.3) is 0 Å². The third-order valence-electron chi connectivity index (χ3n) is 4.33. The molecule has 2 atom stereocenters. The van der Waals surface area contributed by atoms with Crippen molar-refractivity contribution in [2.24, 2.45) is 0 Å². The van der Waals surface area contributed by atoms with E-state index in [1.165, 1.54) is 5.56 Å². The molecule has 1 aromatic carbocycles. The van der Waals surface area contributed by atoms with Crippen LogP contribution >= 0.6 is 0 Å². The van der Waals surface area contributed by atoms with Crippen molar-refractivity contribution in [3.05, 3.63) is 23.8 Å². The van der Waals surface area contributed by atoms with E-state index >= 15 is 0 Å². The first-order valence-electron chi connectivity index (χ1n) is 9.06. The maximum atomic E-state index is 5.96. The van der Waals surface area contributed by atoms with Crippen LogP contribution in [0.25, 0.3) is 0 Å². The van der Waals surface area contributed by atoms with Gasteiger partial charge in [-0.25, -0.2) is 0 Å². The van der Waals surface area contributed by atoms with E-state index in [0.717, 1.165) is 37.7 Å². The average Bonchev–Trinajstić information content (AvgIpc) is 2.54. The molecule has 2 unspecified atom stereocenters. The standard InChI is InChI=1S/C19H33N3O2/c1-6-23-16-8-9-17(19(12-16)24-7-2)18(14-21(4)5)22-11-10-20-15(3)13-22/h8-9,12,15,18,20H,6-7,10-11,13-14H2,1-5H3. The highest BCUT2D eigenvalue weighted by Crippen LogP contribution is 2.34. The molecule has 1 fully saturated rings. The molecule has 5 nitrogen and oxygen atoms in total. The summed E-state index contributed by atoms with van der Waals surface area (Å²) >= 11 is 0. The van der Waals surface area contributed by atoms with Crippen molar-refractivity contribution < 1.29 is 9.47 Å². The Bertz CT molecular complexity index is 507. The molecular formula is C19H33N3O2. The zero-order chi connectivity index (χ0) is 17.5. The predicted octanol–water partition coefficient (Wildman–Crippen LogP) is 2.38. The van der Waals surface area contributed by atoms with Gasteiger partial charge < -0.3 is 19.7 Å². The summed E-state index contributed by atoms with van der Waals surface area (Å²) in [6.07, 6.45) is 0. The Kier molecular flexibility index (Phi) is 7.34. The maximum Gasteiger partial charge on any atom is 0.127 e. The molecule has 136 valence electrons. The minimum Gasteiger partial charge on any atom is -0.494 e. The summed E-state index contributed by atoms with van der Waals surface area (Å²) in [6, 6.07) is 7.12. The van der Waals surface area contributed by atoms with Gasteiger partial charge >= 0.3 is 0 Å². The van der Waals surface area contributed by atoms with Crippen molar-refractivity contribution in [3.63, 3.8) is 0 Å². The Morgan fingerprint density at radius 2 is 2.00 bits per heavy atom. The summed E-state index contributed by atoms with van der Waals surface area (Å²) < 4.78 is 11.6. The average molecular weight is 335 g/mol. The van der Waals surface area contributed by atoms with Crippen molar-refractivity contribution in [2.75, 3.05) is 53.5 Å². The predicted molar refractivity (Wildman–Crippen MR) is 99.1 cm³/mol. The molecule has 5 heteroatoms. The van der Waals surface area contributed by atoms with E-state index in [2.05, 4.69) is 48.3 Å². The third kappa shape index (κ3) is 5.10. The molecule has 0 aliphatic carbocycles. The van der Waals surface area contributed by atoms with Gasteiger partial charge in [-0.3, -0.25) is 4.90 Å². The van der Waals surface area contributed by atoms with E-state index < -0.39 is 0 Å². The number of rotatable bonds is 8. The summed E-state index contributed by atoms with van der Waals surface area (Å²) in [5.41, 5.74) is 1.25. The fraction of sp³-hybridized carbons (Fsp3) is 0.684. The van der Waals surface area contributed by atoms with E-state index in [1.54, 1.807) is 0 Å². The van der Waals surface area contributed by atoms with Gasteiger partial charge in [-0.05, 0) is 40.9 Å². The Hall–Kier alpha value is -1.30. The molecule has 1 aliphatic heterocycles. The smallest absolute Gasteiger partial charge is 0.127 e. The van der Waals surface area contributed by atoms with E-state index in [0.29, 0.717) is 25.3 Å². The molecule has 1 heterocycles. The highest BCUT2D eigenvalue weighted by atomic mass is 16.5. The summed E-state index contributed by atoms with van der Waals surface area (Å²) in [5, 5.41) is 3.53. The van der Waals surface area contributed by atoms with Gasteiger partial charge in [-0.15, -0.1) is 0 Å². The topological polar surface area (TPSA) is 37.0 Å². The fourth-order valence-corrected chi connectivity index (χ4v) is 3.33. The monoisotopic (exact) mass is 335 g/mol. The molecule has 2 rings (SSSR count). The van der Waals surface area contributed by atoms with Gasteiger partial charge in [-0.1, -0.05) is 6.07 Å². The largest absolute Gasteiger partial charge is 0.494 e. The van der Waals surface area contributed by atoms with E-state index in [-0.39, 0.29) is 0 Å². The van der Waals surface area contributed by atoms with Gasteiger partial charge in [0.05, 0.1) is 19.3 Å². The summed E-state index contributed by atoms with van der Waals surface area (Å²) in [4.78, 5) is 4.82. The van der Waals surface area contributed by atoms with Crippen LogP contribution in [0, 0.1) is 0 Å². The number of likely N-dealkylation sites (N-methyl/N-ethyl adjacent to an activating group) is 1. The highest BCUT2D eigenvalue weighted by molar-refractivity contribution is 5.43. The number of nitrogens with zero attached hydrogens (tertiary/aromatic N) is 2. The molecule has 0 amide bonds. The zero-order valence-corrected chi connectivity index (χ0v) is 15.8. The molecule has 1 saturated heterocycles. The molecule has 24 heavy (non-hydrogen) atoms. The number of hydrogen-bond acceptors (Lipinski definition) is 5. The number of benzene rings is 1. The molecule has 1 aliphatic rings. The van der Waals surface area contributed by atoms with Crippen LogP contribution in [0.2, 0.25) is 0 Å². The normalized spacial score (nSPS) is 20.2. The summed E-state index contributed by atoms with van der Waals surface area (Å²) in [7, 11) is 4.26. The number of hydrogen-bond donors (Lipinski definition) is 1. The first-order valence-corrected chi connectivity index (χ1v) is 9.06. The van der Waals surface area contributed by atoms with Crippen LogP contribution in [0.3, 0.4) is 0 Å². The van der Waals surface area contributed by atoms with Crippen LogP contribution in [0.15, 0.2) is 18.2 Å². The minimum absolute atomic E-state index is 0.321. The Labute approximate surface area is 146 Å². The van der Waals surface area contributed by atoms with Crippen molar-refractivity contribution in [1.82, 2.24) is 15.1 Å². The fourth-order valence-electron chi connectivity index (χ4n) is 3.33. The van der Waals surface area contributed by atoms with Gasteiger partial charge in [0.15, 0.2) is 0 Å². The van der Waals surface area contributed by atoms with Crippen molar-refractivity contribution in [1.29, 1.82) is 0 Å². The maximum absolute atomic E-state index is 5.96. The second-order valence-corrected chi connectivity index (χ2v) is 6.69. The van der Waals surface area contributed by atoms with Gasteiger partial charge in [-0.2, -0.15) is 0 Å². The lowest BCUT2D eigenvalue weighted by atomic mass is 10.0. The molecule has 1 N–H and O–H groups in total. The molecular weight excluding hydrogens is 302 g/mol. The van der Waals surface area contributed by atoms with Crippen LogP contribution in [0.1, 0.15) is 32.4 Å². The zero-order valence-electron chi connectivity index (χ0n) is 15.8. The van der Waals surface area contributed by atoms with Crippen molar-refractivity contribution in [3.8, 4) is 11.5 Å². The number of piperazine rings is 1. The van der Waals surface area contributed by atoms with Crippen LogP contribution in [-0.2, 0) is 0 Å². The van der Waals surface area contributed by atoms with Crippen LogP contribution in [0.5, 0.6) is 11.5 Å². The molecule has 0 bridgehead atoms. The minimum atomic E-state index is 0.321. The van der Waals surface area contributed by atoms with E-state index in [1.807, 2.05) is 19.9 Å². The third-order valence-corrected chi connectivity index (χ3v) is 4.33. The molecule has 0 saturated carbocycles. The van der Waals surface area contributed by atoms with E-state index in [4.69, 9.17) is 9.47 Å². The van der Waals surface area contributed by atoms with E-state index in [9.17, 15) is 0 Å². The summed E-state index contributed by atoms with van der Waals surface area (Å²) in [6.45, 7) is 11.7. The highest BCUT2D eigenvalue weighted by Gasteiger charge is 2.27. The van der Waals surface area contributed by atoms with Crippen LogP contribution < -0.4 is 14.8 Å². The lowest BCUT2D eigenvalue weighted by molar-refractivity contribution is 0.122. The van der Waals surface area contributed by atoms with Crippen LogP contribution in [-0.4, -0.2) is 69.3 Å². The van der Waals surface area contributed by atoms with Gasteiger partial charge in [0.1, 0.15) is 11.5 Å². The first-order chi connectivity index (χ1) is 11.5. The Morgan fingerprint density at radius 1 is 1.25 bits per heavy atom. The lowest BCUT2D eigenvalue weighted by Gasteiger charge is -2.39. The second-order valence-electron chi connectivity index (χ2n) is 6.69. The van der Waals surface area contributed by atoms with Gasteiger partial charge in [0.2, 0.25) is 0 Å². The van der Waals surface area contributed by atoms with Crippen molar-refractivity contribution >= 4 is 0 Å². The Morgan fingerprint density at radius 3 is 2.62 bits per heavy atom. The second kappa shape index (κ2) is 9.25. The Balaban J connectivity index is 2.32. The lowest BCUT2D eigenvalue weighted by Crippen LogP contribution is -2.51. The number of nitrogens with one attached hydrogen (secondary N) is 1. The molecule has 0 spiro atoms. The quantitative estimate of drug-likeness (QED) is 0.789.